The first-order valence-electron chi connectivity index (χ1n) is 10.2. The van der Waals surface area contributed by atoms with Crippen LogP contribution in [0, 0.1) is 6.92 Å². The normalized spacial score (nSPS) is 12.0. The predicted octanol–water partition coefficient (Wildman–Crippen LogP) is 4.60. The smallest absolute Gasteiger partial charge is 0.262 e. The van der Waals surface area contributed by atoms with Gasteiger partial charge >= 0.3 is 0 Å². The van der Waals surface area contributed by atoms with Crippen LogP contribution < -0.4 is 15.4 Å². The van der Waals surface area contributed by atoms with Gasteiger partial charge in [0.1, 0.15) is 0 Å². The van der Waals surface area contributed by atoms with E-state index >= 15 is 0 Å². The first kappa shape index (κ1) is 24.3. The minimum Gasteiger partial charge on any atom is -0.349 e. The van der Waals surface area contributed by atoms with Crippen molar-refractivity contribution in [2.45, 2.75) is 31.2 Å². The lowest BCUT2D eigenvalue weighted by Gasteiger charge is -2.15. The van der Waals surface area contributed by atoms with Gasteiger partial charge in [0.15, 0.2) is 0 Å². The summed E-state index contributed by atoms with van der Waals surface area (Å²) in [7, 11) is -3.94. The second-order valence-electron chi connectivity index (χ2n) is 7.56. The number of aryl methyl sites for hydroxylation is 1. The topological polar surface area (TPSA) is 104 Å². The highest BCUT2D eigenvalue weighted by atomic mass is 35.5. The van der Waals surface area contributed by atoms with E-state index in [0.29, 0.717) is 16.8 Å². The minimum atomic E-state index is -3.94. The number of sulfonamides is 1. The standard InChI is InChI=1S/C24H24ClN3O4S/c1-16-12-13-19(15-22(16)33(31,32)28-21-11-7-6-10-20(21)25)27-23(29)14-17(2)26-24(30)18-8-4-3-5-9-18/h3-13,15,17,28H,14H2,1-2H3,(H,26,30)(H,27,29). The molecule has 1 atom stereocenters. The van der Waals surface area contributed by atoms with Crippen molar-refractivity contribution in [1.82, 2.24) is 5.32 Å². The van der Waals surface area contributed by atoms with Crippen LogP contribution in [0.15, 0.2) is 77.7 Å². The van der Waals surface area contributed by atoms with E-state index in [0.717, 1.165) is 0 Å². The average Bonchev–Trinajstić information content (AvgIpc) is 2.77. The summed E-state index contributed by atoms with van der Waals surface area (Å²) in [6.07, 6.45) is 0.0202. The molecule has 9 heteroatoms. The third-order valence-electron chi connectivity index (χ3n) is 4.78. The van der Waals surface area contributed by atoms with Crippen LogP contribution in [0.25, 0.3) is 0 Å². The van der Waals surface area contributed by atoms with Crippen LogP contribution >= 0.6 is 11.6 Å². The Kier molecular flexibility index (Phi) is 7.73. The molecule has 0 spiro atoms. The molecule has 7 nitrogen and oxygen atoms in total. The molecule has 0 aliphatic carbocycles. The molecule has 0 saturated carbocycles. The molecule has 3 aromatic carbocycles. The number of carbonyl (C=O) groups excluding carboxylic acids is 2. The van der Waals surface area contributed by atoms with Gasteiger partial charge in [0.05, 0.1) is 15.6 Å². The van der Waals surface area contributed by atoms with Crippen LogP contribution in [0.4, 0.5) is 11.4 Å². The maximum Gasteiger partial charge on any atom is 0.262 e. The van der Waals surface area contributed by atoms with E-state index in [1.165, 1.54) is 6.07 Å². The molecule has 33 heavy (non-hydrogen) atoms. The number of benzene rings is 3. The summed E-state index contributed by atoms with van der Waals surface area (Å²) in [5, 5.41) is 5.74. The fourth-order valence-corrected chi connectivity index (χ4v) is 4.74. The monoisotopic (exact) mass is 485 g/mol. The van der Waals surface area contributed by atoms with Crippen LogP contribution in [0.1, 0.15) is 29.3 Å². The Labute approximate surface area is 198 Å². The summed E-state index contributed by atoms with van der Waals surface area (Å²) in [6, 6.07) is 19.4. The highest BCUT2D eigenvalue weighted by Crippen LogP contribution is 2.27. The summed E-state index contributed by atoms with van der Waals surface area (Å²) < 4.78 is 28.3. The number of carbonyl (C=O) groups is 2. The highest BCUT2D eigenvalue weighted by Gasteiger charge is 2.20. The Bertz CT molecular complexity index is 1260. The van der Waals surface area contributed by atoms with Gasteiger partial charge in [-0.15, -0.1) is 0 Å². The van der Waals surface area contributed by atoms with Gasteiger partial charge in [0.25, 0.3) is 15.9 Å². The van der Waals surface area contributed by atoms with E-state index in [-0.39, 0.29) is 33.8 Å². The zero-order chi connectivity index (χ0) is 24.0. The second kappa shape index (κ2) is 10.5. The van der Waals surface area contributed by atoms with Crippen molar-refractivity contribution in [3.8, 4) is 0 Å². The number of hydrogen-bond donors (Lipinski definition) is 3. The Hall–Kier alpha value is -3.36. The third-order valence-corrected chi connectivity index (χ3v) is 6.62. The Balaban J connectivity index is 1.67. The summed E-state index contributed by atoms with van der Waals surface area (Å²) >= 11 is 6.07. The SMILES string of the molecule is Cc1ccc(NC(=O)CC(C)NC(=O)c2ccccc2)cc1S(=O)(=O)Nc1ccccc1Cl. The van der Waals surface area contributed by atoms with Crippen LogP contribution in [-0.2, 0) is 14.8 Å². The quantitative estimate of drug-likeness (QED) is 0.433. The van der Waals surface area contributed by atoms with Crippen molar-refractivity contribution < 1.29 is 18.0 Å². The van der Waals surface area contributed by atoms with E-state index < -0.39 is 16.1 Å². The molecule has 2 amide bonds. The number of halogens is 1. The fourth-order valence-electron chi connectivity index (χ4n) is 3.15. The van der Waals surface area contributed by atoms with Crippen molar-refractivity contribution in [1.29, 1.82) is 0 Å². The number of rotatable bonds is 8. The van der Waals surface area contributed by atoms with Gasteiger partial charge < -0.3 is 10.6 Å². The molecule has 0 radical (unpaired) electrons. The zero-order valence-corrected chi connectivity index (χ0v) is 19.7. The lowest BCUT2D eigenvalue weighted by molar-refractivity contribution is -0.116. The van der Waals surface area contributed by atoms with Gasteiger partial charge in [-0.2, -0.15) is 0 Å². The lowest BCUT2D eigenvalue weighted by atomic mass is 10.1. The van der Waals surface area contributed by atoms with Crippen LogP contribution in [0.2, 0.25) is 5.02 Å². The molecule has 0 aliphatic heterocycles. The summed E-state index contributed by atoms with van der Waals surface area (Å²) in [6.45, 7) is 3.38. The molecular weight excluding hydrogens is 462 g/mol. The van der Waals surface area contributed by atoms with Gasteiger partial charge in [-0.05, 0) is 55.8 Å². The summed E-state index contributed by atoms with van der Waals surface area (Å²) in [5.74, 6) is -0.632. The van der Waals surface area contributed by atoms with Crippen molar-refractivity contribution in [2.75, 3.05) is 10.0 Å². The van der Waals surface area contributed by atoms with E-state index in [1.54, 1.807) is 74.5 Å². The first-order chi connectivity index (χ1) is 15.7. The zero-order valence-electron chi connectivity index (χ0n) is 18.1. The molecule has 0 aromatic heterocycles. The number of para-hydroxylation sites is 1. The Morgan fingerprint density at radius 2 is 1.64 bits per heavy atom. The average molecular weight is 486 g/mol. The Morgan fingerprint density at radius 1 is 0.970 bits per heavy atom. The third kappa shape index (κ3) is 6.57. The number of hydrogen-bond acceptors (Lipinski definition) is 4. The van der Waals surface area contributed by atoms with E-state index in [2.05, 4.69) is 15.4 Å². The van der Waals surface area contributed by atoms with Crippen LogP contribution in [0.5, 0.6) is 0 Å². The minimum absolute atomic E-state index is 0.0191. The van der Waals surface area contributed by atoms with Gasteiger partial charge in [0.2, 0.25) is 5.91 Å². The van der Waals surface area contributed by atoms with E-state index in [4.69, 9.17) is 11.6 Å². The highest BCUT2D eigenvalue weighted by molar-refractivity contribution is 7.92. The number of amides is 2. The van der Waals surface area contributed by atoms with Crippen molar-refractivity contribution >= 4 is 44.8 Å². The molecule has 3 rings (SSSR count). The van der Waals surface area contributed by atoms with Gasteiger partial charge in [-0.3, -0.25) is 14.3 Å². The number of anilines is 2. The molecule has 0 bridgehead atoms. The predicted molar refractivity (Wildman–Crippen MR) is 130 cm³/mol. The molecule has 0 fully saturated rings. The molecule has 0 aliphatic rings. The second-order valence-corrected chi connectivity index (χ2v) is 9.62. The molecular formula is C24H24ClN3O4S. The Morgan fingerprint density at radius 3 is 2.33 bits per heavy atom. The maximum absolute atomic E-state index is 12.9. The number of nitrogens with one attached hydrogen (secondary N) is 3. The van der Waals surface area contributed by atoms with Crippen LogP contribution in [-0.4, -0.2) is 26.3 Å². The van der Waals surface area contributed by atoms with Crippen molar-refractivity contribution in [3.05, 3.63) is 88.9 Å². The first-order valence-corrected chi connectivity index (χ1v) is 12.1. The molecule has 3 N–H and O–H groups in total. The molecule has 0 saturated heterocycles. The van der Waals surface area contributed by atoms with E-state index in [1.807, 2.05) is 6.07 Å². The molecule has 1 unspecified atom stereocenters. The summed E-state index contributed by atoms with van der Waals surface area (Å²) in [4.78, 5) is 24.7. The van der Waals surface area contributed by atoms with Crippen molar-refractivity contribution in [2.24, 2.45) is 0 Å². The molecule has 172 valence electrons. The largest absolute Gasteiger partial charge is 0.349 e. The van der Waals surface area contributed by atoms with Gasteiger partial charge in [0, 0.05) is 23.7 Å². The maximum atomic E-state index is 12.9. The van der Waals surface area contributed by atoms with E-state index in [9.17, 15) is 18.0 Å². The van der Waals surface area contributed by atoms with Crippen molar-refractivity contribution in [3.63, 3.8) is 0 Å². The molecule has 0 heterocycles. The summed E-state index contributed by atoms with van der Waals surface area (Å²) in [5.41, 5.74) is 1.60. The molecule has 3 aromatic rings. The fraction of sp³-hybridized carbons (Fsp3) is 0.167. The lowest BCUT2D eigenvalue weighted by Crippen LogP contribution is -2.35. The van der Waals surface area contributed by atoms with Gasteiger partial charge in [-0.1, -0.05) is 48.0 Å². The van der Waals surface area contributed by atoms with Gasteiger partial charge in [-0.25, -0.2) is 8.42 Å². The van der Waals surface area contributed by atoms with Crippen LogP contribution in [0.3, 0.4) is 0 Å².